The third kappa shape index (κ3) is 1.02. The molecule has 5 heteroatoms. The van der Waals surface area contributed by atoms with E-state index in [0.717, 1.165) is 6.20 Å². The van der Waals surface area contributed by atoms with Gasteiger partial charge in [0.2, 0.25) is 0 Å². The molecule has 0 atom stereocenters. The van der Waals surface area contributed by atoms with E-state index in [4.69, 9.17) is 15.8 Å². The molecule has 1 aromatic rings. The van der Waals surface area contributed by atoms with E-state index < -0.39 is 5.56 Å². The minimum absolute atomic E-state index is 0.148. The van der Waals surface area contributed by atoms with E-state index in [2.05, 4.69) is 5.10 Å². The number of halogens is 1. The number of aromatic nitrogens is 2. The molecule has 0 aliphatic heterocycles. The van der Waals surface area contributed by atoms with Crippen molar-refractivity contribution in [2.45, 2.75) is 0 Å². The van der Waals surface area contributed by atoms with Crippen molar-refractivity contribution < 1.29 is 4.24 Å². The zero-order valence-corrected chi connectivity index (χ0v) is 4.96. The summed E-state index contributed by atoms with van der Waals surface area (Å²) in [5, 5.41) is 3.20. The maximum atomic E-state index is 10.9. The smallest absolute Gasteiger partial charge is 0.285 e. The normalized spacial score (nSPS) is 13.7. The van der Waals surface area contributed by atoms with Gasteiger partial charge in [0.05, 0.1) is 11.9 Å². The Hall–Kier alpha value is -1.03. The van der Waals surface area contributed by atoms with Crippen LogP contribution in [0.25, 0.3) is 0 Å². The van der Waals surface area contributed by atoms with Crippen LogP contribution in [0.1, 0.15) is 0 Å². The third-order valence-electron chi connectivity index (χ3n) is 0.741. The number of nitrogens with two attached hydrogens (primary N) is 1. The SMILES string of the molecule is [2H]N([2H])c1cnn([2H])c(=O)c1Cl. The number of anilines is 1. The second-order valence-corrected chi connectivity index (χ2v) is 1.73. The molecular formula is C4H4ClN3O. The van der Waals surface area contributed by atoms with Gasteiger partial charge in [-0.05, 0) is 0 Å². The fourth-order valence-electron chi connectivity index (χ4n) is 0.346. The summed E-state index contributed by atoms with van der Waals surface area (Å²) in [7, 11) is 0. The average Bonchev–Trinajstić information content (AvgIpc) is 2.00. The molecule has 3 N–H and O–H groups in total. The first-order valence-electron chi connectivity index (χ1n) is 3.43. The molecular weight excluding hydrogens is 142 g/mol. The molecule has 1 heterocycles. The molecule has 0 saturated heterocycles. The summed E-state index contributed by atoms with van der Waals surface area (Å²) in [5.74, 6) is 0. The molecule has 0 spiro atoms. The van der Waals surface area contributed by atoms with Crippen LogP contribution in [0.2, 0.25) is 9.26 Å². The number of nitrogens with zero attached hydrogens (tertiary/aromatic N) is 1. The molecule has 0 fully saturated rings. The molecule has 0 radical (unpaired) electrons. The highest BCUT2D eigenvalue weighted by Gasteiger charge is 1.97. The molecule has 0 aliphatic rings. The summed E-state index contributed by atoms with van der Waals surface area (Å²) < 4.78 is 20.5. The number of nitrogen functional groups attached to an aromatic ring is 1. The fourth-order valence-corrected chi connectivity index (χ4v) is 0.433. The van der Waals surface area contributed by atoms with Gasteiger partial charge in [-0.2, -0.15) is 5.10 Å². The zero-order valence-electron chi connectivity index (χ0n) is 7.21. The van der Waals surface area contributed by atoms with Crippen molar-refractivity contribution in [1.29, 1.82) is 0 Å². The first-order chi connectivity index (χ1) is 5.54. The number of hydrogen-bond acceptors (Lipinski definition) is 3. The van der Waals surface area contributed by atoms with Gasteiger partial charge < -0.3 is 5.72 Å². The van der Waals surface area contributed by atoms with Crippen LogP contribution in [0.3, 0.4) is 0 Å². The first kappa shape index (κ1) is 3.22. The number of aromatic amines is 1. The highest BCUT2D eigenvalue weighted by molar-refractivity contribution is 6.32. The predicted molar refractivity (Wildman–Crippen MR) is 34.3 cm³/mol. The summed E-state index contributed by atoms with van der Waals surface area (Å²) in [6.07, 6.45) is 0.997. The van der Waals surface area contributed by atoms with Crippen molar-refractivity contribution in [3.8, 4) is 0 Å². The van der Waals surface area contributed by atoms with Crippen molar-refractivity contribution in [2.24, 2.45) is 0 Å². The standard InChI is InChI=1S/C4H4ClN3O/c5-3-2(6)1-7-8-4(3)9/h1H,(H3,6,8,9)/i/hD3. The van der Waals surface area contributed by atoms with Crippen LogP contribution in [-0.4, -0.2) is 10.2 Å². The van der Waals surface area contributed by atoms with Crippen molar-refractivity contribution in [1.82, 2.24) is 10.2 Å². The highest BCUT2D eigenvalue weighted by atomic mass is 35.5. The van der Waals surface area contributed by atoms with Crippen LogP contribution < -0.4 is 11.3 Å². The van der Waals surface area contributed by atoms with E-state index in [0.29, 0.717) is 0 Å². The fraction of sp³-hybridized carbons (Fsp3) is 0. The lowest BCUT2D eigenvalue weighted by molar-refractivity contribution is 0.992. The molecule has 1 aromatic heterocycles. The number of rotatable bonds is 1. The Balaban J connectivity index is 3.37. The average molecular weight is 149 g/mol. The Morgan fingerprint density at radius 2 is 2.89 bits per heavy atom. The van der Waals surface area contributed by atoms with Gasteiger partial charge >= 0.3 is 0 Å². The van der Waals surface area contributed by atoms with Gasteiger partial charge in [0.15, 0.2) is 4.24 Å². The Kier molecular flexibility index (Phi) is 0.738. The second kappa shape index (κ2) is 2.06. The Labute approximate surface area is 60.0 Å². The Morgan fingerprint density at radius 1 is 2.11 bits per heavy atom. The molecule has 0 amide bonds. The summed E-state index contributed by atoms with van der Waals surface area (Å²) in [5.41, 5.74) is -0.833. The molecule has 4 nitrogen and oxygen atoms in total. The first-order valence-corrected chi connectivity index (χ1v) is 2.47. The van der Waals surface area contributed by atoms with E-state index in [-0.39, 0.29) is 21.5 Å². The molecule has 1 rings (SSSR count). The molecule has 0 aromatic carbocycles. The van der Waals surface area contributed by atoms with Crippen molar-refractivity contribution in [3.63, 3.8) is 0 Å². The topological polar surface area (TPSA) is 71.8 Å². The Morgan fingerprint density at radius 3 is 3.56 bits per heavy atom. The van der Waals surface area contributed by atoms with Gasteiger partial charge in [0, 0.05) is 0 Å². The van der Waals surface area contributed by atoms with E-state index >= 15 is 0 Å². The van der Waals surface area contributed by atoms with Crippen LogP contribution in [-0.2, 0) is 0 Å². The number of hydrogen-bond donors (Lipinski definition) is 2. The second-order valence-electron chi connectivity index (χ2n) is 1.35. The molecule has 48 valence electrons. The molecule has 9 heavy (non-hydrogen) atoms. The van der Waals surface area contributed by atoms with E-state index in [1.807, 2.05) is 0 Å². The molecule has 0 saturated carbocycles. The van der Waals surface area contributed by atoms with Crippen molar-refractivity contribution in [2.75, 3.05) is 5.72 Å². The third-order valence-corrected chi connectivity index (χ3v) is 1.10. The highest BCUT2D eigenvalue weighted by Crippen LogP contribution is 2.07. The minimum Gasteiger partial charge on any atom is -0.396 e. The van der Waals surface area contributed by atoms with E-state index in [9.17, 15) is 4.79 Å². The van der Waals surface area contributed by atoms with E-state index in [1.54, 1.807) is 0 Å². The number of nitrogens with one attached hydrogen (secondary N) is 1. The molecule has 0 aliphatic carbocycles. The van der Waals surface area contributed by atoms with E-state index in [1.165, 1.54) is 0 Å². The van der Waals surface area contributed by atoms with Crippen molar-refractivity contribution in [3.05, 3.63) is 21.6 Å². The predicted octanol–water partition coefficient (Wildman–Crippen LogP) is 0.00550. The van der Waals surface area contributed by atoms with Gasteiger partial charge in [-0.3, -0.25) is 4.79 Å². The van der Waals surface area contributed by atoms with Crippen molar-refractivity contribution >= 4 is 17.3 Å². The quantitative estimate of drug-likeness (QED) is 0.589. The lowest BCUT2D eigenvalue weighted by Gasteiger charge is -1.90. The summed E-state index contributed by atoms with van der Waals surface area (Å²) >= 11 is 5.42. The van der Waals surface area contributed by atoms with Gasteiger partial charge in [-0.15, -0.1) is 0 Å². The van der Waals surface area contributed by atoms with Gasteiger partial charge in [-0.25, -0.2) is 5.09 Å². The monoisotopic (exact) mass is 148 g/mol. The lowest BCUT2D eigenvalue weighted by Crippen LogP contribution is -2.09. The number of H-pyrrole nitrogens is 1. The molecule has 0 unspecified atom stereocenters. The Bertz CT molecular complexity index is 352. The van der Waals surface area contributed by atoms with Gasteiger partial charge in [-0.1, -0.05) is 11.6 Å². The zero-order chi connectivity index (χ0) is 9.30. The van der Waals surface area contributed by atoms with Gasteiger partial charge in [0.25, 0.3) is 5.56 Å². The van der Waals surface area contributed by atoms with Gasteiger partial charge in [0.1, 0.15) is 5.02 Å². The minimum atomic E-state index is -0.848. The summed E-state index contributed by atoms with van der Waals surface area (Å²) in [6, 6.07) is 0. The van der Waals surface area contributed by atoms with Crippen LogP contribution >= 0.6 is 11.6 Å². The maximum Gasteiger partial charge on any atom is 0.285 e. The van der Waals surface area contributed by atoms with Crippen LogP contribution in [0, 0.1) is 0 Å². The summed E-state index contributed by atoms with van der Waals surface area (Å²) in [4.78, 5) is 10.9. The van der Waals surface area contributed by atoms with Crippen LogP contribution in [0.4, 0.5) is 5.69 Å². The molecule has 0 bridgehead atoms. The van der Waals surface area contributed by atoms with Crippen LogP contribution in [0.5, 0.6) is 0 Å². The largest absolute Gasteiger partial charge is 0.396 e. The van der Waals surface area contributed by atoms with Crippen LogP contribution in [0.15, 0.2) is 11.0 Å². The summed E-state index contributed by atoms with van der Waals surface area (Å²) in [6.45, 7) is 0. The maximum absolute atomic E-state index is 10.9. The lowest BCUT2D eigenvalue weighted by atomic mass is 10.5.